The molecule has 0 aromatic heterocycles. The van der Waals surface area contributed by atoms with Crippen molar-refractivity contribution in [2.75, 3.05) is 5.32 Å². The predicted octanol–water partition coefficient (Wildman–Crippen LogP) is 3.65. The molecule has 0 spiro atoms. The summed E-state index contributed by atoms with van der Waals surface area (Å²) in [6.45, 7) is 2.76. The molecule has 0 aliphatic rings. The number of hydrogen-bond donors (Lipinski definition) is 2. The number of carbonyl (C=O) groups excluding carboxylic acids is 1. The molecule has 0 heterocycles. The van der Waals surface area contributed by atoms with Crippen LogP contribution in [-0.4, -0.2) is 17.0 Å². The molecular formula is C15H14BrNO3. The molecule has 2 aromatic carbocycles. The quantitative estimate of drug-likeness (QED) is 0.841. The third-order valence-electron chi connectivity index (χ3n) is 3.16. The Morgan fingerprint density at radius 1 is 1.10 bits per heavy atom. The van der Waals surface area contributed by atoms with Gasteiger partial charge in [0.1, 0.15) is 5.41 Å². The van der Waals surface area contributed by atoms with Gasteiger partial charge in [0, 0.05) is 10.2 Å². The van der Waals surface area contributed by atoms with Crippen molar-refractivity contribution in [2.24, 2.45) is 5.41 Å². The van der Waals surface area contributed by atoms with Crippen LogP contribution in [0.4, 0.5) is 5.69 Å². The van der Waals surface area contributed by atoms with Crippen LogP contribution in [0.5, 0.6) is 0 Å². The Morgan fingerprint density at radius 2 is 1.70 bits per heavy atom. The lowest BCUT2D eigenvalue weighted by Gasteiger charge is -2.18. The number of carboxylic acids is 1. The molecule has 2 rings (SSSR count). The Hall–Kier alpha value is -1.88. The number of benzene rings is 2. The molecule has 20 heavy (non-hydrogen) atoms. The molecule has 0 saturated heterocycles. The van der Waals surface area contributed by atoms with Gasteiger partial charge < -0.3 is 10.4 Å². The molecule has 4 nitrogen and oxygen atoms in total. The second-order valence-electron chi connectivity index (χ2n) is 5.09. The summed E-state index contributed by atoms with van der Waals surface area (Å²) in [6.07, 6.45) is 0. The molecule has 0 atom stereocenters. The first-order valence-corrected chi connectivity index (χ1v) is 6.84. The SMILES string of the molecule is CC(C)(C(=O)O)C(=O)Nc1ccc2cc(Br)ccc2c1. The van der Waals surface area contributed by atoms with E-state index in [-0.39, 0.29) is 0 Å². The van der Waals surface area contributed by atoms with Crippen LogP contribution in [0, 0.1) is 5.41 Å². The normalized spacial score (nSPS) is 11.3. The third kappa shape index (κ3) is 2.82. The fourth-order valence-electron chi connectivity index (χ4n) is 1.68. The number of hydrogen-bond acceptors (Lipinski definition) is 2. The van der Waals surface area contributed by atoms with E-state index >= 15 is 0 Å². The maximum atomic E-state index is 12.0. The number of fused-ring (bicyclic) bond motifs is 1. The number of halogens is 1. The number of anilines is 1. The van der Waals surface area contributed by atoms with Crippen LogP contribution in [0.1, 0.15) is 13.8 Å². The van der Waals surface area contributed by atoms with Crippen LogP contribution in [0.25, 0.3) is 10.8 Å². The van der Waals surface area contributed by atoms with Crippen LogP contribution in [0.2, 0.25) is 0 Å². The van der Waals surface area contributed by atoms with Gasteiger partial charge in [-0.05, 0) is 48.9 Å². The number of aliphatic carboxylic acids is 1. The Balaban J connectivity index is 2.29. The molecular weight excluding hydrogens is 322 g/mol. The van der Waals surface area contributed by atoms with Crippen LogP contribution < -0.4 is 5.32 Å². The van der Waals surface area contributed by atoms with Gasteiger partial charge in [0.25, 0.3) is 0 Å². The summed E-state index contributed by atoms with van der Waals surface area (Å²) in [7, 11) is 0. The Morgan fingerprint density at radius 3 is 2.35 bits per heavy atom. The molecule has 1 amide bonds. The zero-order valence-corrected chi connectivity index (χ0v) is 12.7. The first-order valence-electron chi connectivity index (χ1n) is 6.05. The van der Waals surface area contributed by atoms with Crippen LogP contribution >= 0.6 is 15.9 Å². The minimum absolute atomic E-state index is 0.540. The highest BCUT2D eigenvalue weighted by molar-refractivity contribution is 9.10. The third-order valence-corrected chi connectivity index (χ3v) is 3.66. The zero-order valence-electron chi connectivity index (χ0n) is 11.1. The van der Waals surface area contributed by atoms with E-state index in [4.69, 9.17) is 5.11 Å². The van der Waals surface area contributed by atoms with Crippen LogP contribution in [0.3, 0.4) is 0 Å². The molecule has 0 saturated carbocycles. The van der Waals surface area contributed by atoms with Gasteiger partial charge in [-0.2, -0.15) is 0 Å². The monoisotopic (exact) mass is 335 g/mol. The molecule has 0 aliphatic carbocycles. The van der Waals surface area contributed by atoms with Gasteiger partial charge >= 0.3 is 5.97 Å². The van der Waals surface area contributed by atoms with Crippen molar-refractivity contribution in [3.05, 3.63) is 40.9 Å². The number of carbonyl (C=O) groups is 2. The Kier molecular flexibility index (Phi) is 3.81. The Labute approximate surface area is 124 Å². The van der Waals surface area contributed by atoms with Crippen molar-refractivity contribution < 1.29 is 14.7 Å². The molecule has 0 fully saturated rings. The van der Waals surface area contributed by atoms with E-state index < -0.39 is 17.3 Å². The lowest BCUT2D eigenvalue weighted by Crippen LogP contribution is -2.37. The summed E-state index contributed by atoms with van der Waals surface area (Å²) < 4.78 is 0.980. The first-order chi connectivity index (χ1) is 9.30. The second-order valence-corrected chi connectivity index (χ2v) is 6.01. The maximum absolute atomic E-state index is 12.0. The maximum Gasteiger partial charge on any atom is 0.318 e. The fourth-order valence-corrected chi connectivity index (χ4v) is 2.06. The molecule has 0 aliphatic heterocycles. The van der Waals surface area contributed by atoms with Crippen molar-refractivity contribution >= 4 is 44.3 Å². The molecule has 2 N–H and O–H groups in total. The average Bonchev–Trinajstić information content (AvgIpc) is 2.38. The van der Waals surface area contributed by atoms with E-state index in [0.717, 1.165) is 15.2 Å². The van der Waals surface area contributed by atoms with Gasteiger partial charge in [-0.25, -0.2) is 0 Å². The van der Waals surface area contributed by atoms with Gasteiger partial charge in [0.05, 0.1) is 0 Å². The first kappa shape index (κ1) is 14.5. The van der Waals surface area contributed by atoms with E-state index in [2.05, 4.69) is 21.2 Å². The largest absolute Gasteiger partial charge is 0.480 e. The molecule has 0 bridgehead atoms. The molecule has 104 valence electrons. The number of rotatable bonds is 3. The van der Waals surface area contributed by atoms with E-state index in [1.807, 2.05) is 30.3 Å². The molecule has 5 heteroatoms. The topological polar surface area (TPSA) is 66.4 Å². The highest BCUT2D eigenvalue weighted by atomic mass is 79.9. The van der Waals surface area contributed by atoms with Gasteiger partial charge in [0.2, 0.25) is 5.91 Å². The molecule has 0 radical (unpaired) electrons. The lowest BCUT2D eigenvalue weighted by molar-refractivity contribution is -0.151. The van der Waals surface area contributed by atoms with Gasteiger partial charge in [0.15, 0.2) is 0 Å². The minimum Gasteiger partial charge on any atom is -0.480 e. The highest BCUT2D eigenvalue weighted by Gasteiger charge is 2.35. The van der Waals surface area contributed by atoms with E-state index in [9.17, 15) is 9.59 Å². The van der Waals surface area contributed by atoms with Crippen molar-refractivity contribution in [3.8, 4) is 0 Å². The van der Waals surface area contributed by atoms with E-state index in [1.54, 1.807) is 6.07 Å². The van der Waals surface area contributed by atoms with Gasteiger partial charge in [-0.15, -0.1) is 0 Å². The Bertz CT molecular complexity index is 695. The second kappa shape index (κ2) is 5.25. The summed E-state index contributed by atoms with van der Waals surface area (Å²) >= 11 is 3.40. The lowest BCUT2D eigenvalue weighted by atomic mass is 9.92. The van der Waals surface area contributed by atoms with E-state index in [0.29, 0.717) is 5.69 Å². The van der Waals surface area contributed by atoms with Crippen molar-refractivity contribution in [1.82, 2.24) is 0 Å². The molecule has 0 unspecified atom stereocenters. The fraction of sp³-hybridized carbons (Fsp3) is 0.200. The van der Waals surface area contributed by atoms with E-state index in [1.165, 1.54) is 13.8 Å². The van der Waals surface area contributed by atoms with Crippen molar-refractivity contribution in [1.29, 1.82) is 0 Å². The van der Waals surface area contributed by atoms with Crippen LogP contribution in [-0.2, 0) is 9.59 Å². The summed E-state index contributed by atoms with van der Waals surface area (Å²) in [4.78, 5) is 23.0. The molecule has 2 aromatic rings. The summed E-state index contributed by atoms with van der Waals surface area (Å²) in [6, 6.07) is 11.3. The highest BCUT2D eigenvalue weighted by Crippen LogP contribution is 2.24. The van der Waals surface area contributed by atoms with Gasteiger partial charge in [-0.1, -0.05) is 28.1 Å². The number of nitrogens with one attached hydrogen (secondary N) is 1. The van der Waals surface area contributed by atoms with Gasteiger partial charge in [-0.3, -0.25) is 9.59 Å². The summed E-state index contributed by atoms with van der Waals surface area (Å²) in [5.41, 5.74) is -0.881. The smallest absolute Gasteiger partial charge is 0.318 e. The summed E-state index contributed by atoms with van der Waals surface area (Å²) in [5, 5.41) is 13.7. The average molecular weight is 336 g/mol. The number of carboxylic acid groups (broad SMARTS) is 1. The van der Waals surface area contributed by atoms with Crippen molar-refractivity contribution in [2.45, 2.75) is 13.8 Å². The van der Waals surface area contributed by atoms with Crippen molar-refractivity contribution in [3.63, 3.8) is 0 Å². The van der Waals surface area contributed by atoms with Crippen LogP contribution in [0.15, 0.2) is 40.9 Å². The number of amides is 1. The minimum atomic E-state index is -1.46. The predicted molar refractivity (Wildman–Crippen MR) is 81.7 cm³/mol. The summed E-state index contributed by atoms with van der Waals surface area (Å²) in [5.74, 6) is -1.69. The zero-order chi connectivity index (χ0) is 14.9. The standard InChI is InChI=1S/C15H14BrNO3/c1-15(2,14(19)20)13(18)17-12-6-4-9-7-11(16)5-3-10(9)8-12/h3-8H,1-2H3,(H,17,18)(H,19,20).